The molecule has 0 aliphatic carbocycles. The summed E-state index contributed by atoms with van der Waals surface area (Å²) < 4.78 is 1.75. The molecule has 0 saturated heterocycles. The van der Waals surface area contributed by atoms with E-state index in [-0.39, 0.29) is 0 Å². The average molecular weight is 209 g/mol. The third kappa shape index (κ3) is 1.61. The number of aryl methyl sites for hydroxylation is 2. The van der Waals surface area contributed by atoms with Gasteiger partial charge in [0, 0.05) is 18.8 Å². The largest absolute Gasteiger partial charge is 0.275 e. The Kier molecular flexibility index (Phi) is 2.21. The second-order valence-corrected chi connectivity index (χ2v) is 3.43. The predicted octanol–water partition coefficient (Wildman–Crippen LogP) is 1.84. The Balaban J connectivity index is 2.49. The van der Waals surface area contributed by atoms with Gasteiger partial charge in [-0.25, -0.2) is 0 Å². The molecule has 0 aromatic carbocycles. The van der Waals surface area contributed by atoms with E-state index < -0.39 is 0 Å². The van der Waals surface area contributed by atoms with E-state index in [2.05, 4.69) is 15.3 Å². The molecule has 0 aliphatic heterocycles. The van der Waals surface area contributed by atoms with Crippen molar-refractivity contribution in [2.45, 2.75) is 6.92 Å². The first-order valence-corrected chi connectivity index (χ1v) is 4.54. The predicted molar refractivity (Wildman–Crippen MR) is 54.0 cm³/mol. The van der Waals surface area contributed by atoms with Crippen LogP contribution in [0.2, 0.25) is 5.15 Å². The van der Waals surface area contributed by atoms with Crippen LogP contribution in [-0.2, 0) is 7.05 Å². The molecular weight excluding hydrogens is 200 g/mol. The fraction of sp³-hybridized carbons (Fsp3) is 0.222. The van der Waals surface area contributed by atoms with Gasteiger partial charge >= 0.3 is 0 Å². The van der Waals surface area contributed by atoms with Crippen LogP contribution < -0.4 is 0 Å². The van der Waals surface area contributed by atoms with Crippen LogP contribution in [0.5, 0.6) is 0 Å². The third-order valence-corrected chi connectivity index (χ3v) is 2.12. The molecule has 2 heterocycles. The van der Waals surface area contributed by atoms with Gasteiger partial charge in [-0.15, -0.1) is 10.2 Å². The standard InChI is InChI=1S/C9H9ClN4/c1-6-7(5-14(2)13-6)8-3-4-9(10)12-11-8/h3-5H,1-2H3. The van der Waals surface area contributed by atoms with E-state index in [4.69, 9.17) is 11.6 Å². The van der Waals surface area contributed by atoms with Crippen LogP contribution in [0, 0.1) is 6.92 Å². The lowest BCUT2D eigenvalue weighted by molar-refractivity contribution is 0.756. The molecule has 0 fully saturated rings. The van der Waals surface area contributed by atoms with Crippen LogP contribution >= 0.6 is 11.6 Å². The molecule has 14 heavy (non-hydrogen) atoms. The van der Waals surface area contributed by atoms with E-state index in [1.165, 1.54) is 0 Å². The Morgan fingerprint density at radius 2 is 2.07 bits per heavy atom. The van der Waals surface area contributed by atoms with E-state index >= 15 is 0 Å². The number of hydrogen-bond acceptors (Lipinski definition) is 3. The number of halogens is 1. The molecule has 5 heteroatoms. The number of rotatable bonds is 1. The van der Waals surface area contributed by atoms with Gasteiger partial charge in [-0.2, -0.15) is 5.10 Å². The molecular formula is C9H9ClN4. The first-order valence-electron chi connectivity index (χ1n) is 4.16. The molecule has 0 atom stereocenters. The molecule has 2 rings (SSSR count). The molecule has 2 aromatic heterocycles. The van der Waals surface area contributed by atoms with Crippen LogP contribution in [0.3, 0.4) is 0 Å². The highest BCUT2D eigenvalue weighted by atomic mass is 35.5. The summed E-state index contributed by atoms with van der Waals surface area (Å²) in [5.41, 5.74) is 2.71. The van der Waals surface area contributed by atoms with Gasteiger partial charge < -0.3 is 0 Å². The van der Waals surface area contributed by atoms with Crippen molar-refractivity contribution < 1.29 is 0 Å². The summed E-state index contributed by atoms with van der Waals surface area (Å²) in [4.78, 5) is 0. The third-order valence-electron chi connectivity index (χ3n) is 1.92. The van der Waals surface area contributed by atoms with Gasteiger partial charge in [0.05, 0.1) is 11.4 Å². The van der Waals surface area contributed by atoms with Gasteiger partial charge in [0.15, 0.2) is 5.15 Å². The molecule has 0 radical (unpaired) electrons. The summed E-state index contributed by atoms with van der Waals surface area (Å²) in [5, 5.41) is 12.4. The summed E-state index contributed by atoms with van der Waals surface area (Å²) in [6.45, 7) is 1.94. The number of hydrogen-bond donors (Lipinski definition) is 0. The van der Waals surface area contributed by atoms with Crippen LogP contribution in [0.25, 0.3) is 11.3 Å². The van der Waals surface area contributed by atoms with Crippen molar-refractivity contribution >= 4 is 11.6 Å². The zero-order chi connectivity index (χ0) is 10.1. The van der Waals surface area contributed by atoms with Crippen molar-refractivity contribution in [3.8, 4) is 11.3 Å². The Morgan fingerprint density at radius 3 is 2.57 bits per heavy atom. The molecule has 0 amide bonds. The molecule has 72 valence electrons. The quantitative estimate of drug-likeness (QED) is 0.718. The number of nitrogens with zero attached hydrogens (tertiary/aromatic N) is 4. The summed E-state index contributed by atoms with van der Waals surface area (Å²) >= 11 is 5.65. The lowest BCUT2D eigenvalue weighted by atomic mass is 10.2. The van der Waals surface area contributed by atoms with Crippen LogP contribution in [0.1, 0.15) is 5.69 Å². The van der Waals surface area contributed by atoms with Crippen LogP contribution in [0.15, 0.2) is 18.3 Å². The summed E-state index contributed by atoms with van der Waals surface area (Å²) in [7, 11) is 1.87. The van der Waals surface area contributed by atoms with E-state index in [0.717, 1.165) is 17.0 Å². The van der Waals surface area contributed by atoms with Crippen molar-refractivity contribution in [2.24, 2.45) is 7.05 Å². The monoisotopic (exact) mass is 208 g/mol. The van der Waals surface area contributed by atoms with Crippen molar-refractivity contribution in [2.75, 3.05) is 0 Å². The maximum absolute atomic E-state index is 5.65. The highest BCUT2D eigenvalue weighted by Crippen LogP contribution is 2.19. The molecule has 0 bridgehead atoms. The van der Waals surface area contributed by atoms with Gasteiger partial charge in [-0.05, 0) is 19.1 Å². The minimum absolute atomic E-state index is 0.398. The van der Waals surface area contributed by atoms with Crippen molar-refractivity contribution in [3.63, 3.8) is 0 Å². The van der Waals surface area contributed by atoms with Gasteiger partial charge in [-0.1, -0.05) is 11.6 Å². The molecule has 0 spiro atoms. The highest BCUT2D eigenvalue weighted by Gasteiger charge is 2.07. The minimum Gasteiger partial charge on any atom is -0.275 e. The Hall–Kier alpha value is -1.42. The maximum Gasteiger partial charge on any atom is 0.151 e. The van der Waals surface area contributed by atoms with Crippen molar-refractivity contribution in [1.82, 2.24) is 20.0 Å². The fourth-order valence-electron chi connectivity index (χ4n) is 1.31. The topological polar surface area (TPSA) is 43.6 Å². The smallest absolute Gasteiger partial charge is 0.151 e. The van der Waals surface area contributed by atoms with Crippen LogP contribution in [0.4, 0.5) is 0 Å². The molecule has 0 saturated carbocycles. The van der Waals surface area contributed by atoms with Crippen molar-refractivity contribution in [1.29, 1.82) is 0 Å². The molecule has 0 unspecified atom stereocenters. The first kappa shape index (κ1) is 9.15. The Morgan fingerprint density at radius 1 is 1.29 bits per heavy atom. The summed E-state index contributed by atoms with van der Waals surface area (Å²) in [6, 6.07) is 3.55. The average Bonchev–Trinajstić information content (AvgIpc) is 2.47. The van der Waals surface area contributed by atoms with E-state index in [0.29, 0.717) is 5.15 Å². The zero-order valence-corrected chi connectivity index (χ0v) is 8.65. The fourth-order valence-corrected chi connectivity index (χ4v) is 1.41. The van der Waals surface area contributed by atoms with E-state index in [9.17, 15) is 0 Å². The number of aromatic nitrogens is 4. The lowest BCUT2D eigenvalue weighted by Gasteiger charge is -1.95. The molecule has 0 aliphatic rings. The lowest BCUT2D eigenvalue weighted by Crippen LogP contribution is -1.87. The van der Waals surface area contributed by atoms with E-state index in [1.807, 2.05) is 26.2 Å². The molecule has 4 nitrogen and oxygen atoms in total. The Bertz CT molecular complexity index is 446. The summed E-state index contributed by atoms with van der Waals surface area (Å²) in [6.07, 6.45) is 1.91. The Labute approximate surface area is 86.5 Å². The van der Waals surface area contributed by atoms with E-state index in [1.54, 1.807) is 10.7 Å². The maximum atomic E-state index is 5.65. The van der Waals surface area contributed by atoms with Gasteiger partial charge in [0.2, 0.25) is 0 Å². The second kappa shape index (κ2) is 3.38. The zero-order valence-electron chi connectivity index (χ0n) is 7.90. The van der Waals surface area contributed by atoms with Gasteiger partial charge in [0.25, 0.3) is 0 Å². The van der Waals surface area contributed by atoms with Gasteiger partial charge in [0.1, 0.15) is 0 Å². The molecule has 0 N–H and O–H groups in total. The normalized spacial score (nSPS) is 10.5. The SMILES string of the molecule is Cc1nn(C)cc1-c1ccc(Cl)nn1. The molecule has 2 aromatic rings. The first-order chi connectivity index (χ1) is 6.66. The second-order valence-electron chi connectivity index (χ2n) is 3.04. The minimum atomic E-state index is 0.398. The van der Waals surface area contributed by atoms with Crippen LogP contribution in [-0.4, -0.2) is 20.0 Å². The summed E-state index contributed by atoms with van der Waals surface area (Å²) in [5.74, 6) is 0. The highest BCUT2D eigenvalue weighted by molar-refractivity contribution is 6.29. The van der Waals surface area contributed by atoms with Crippen molar-refractivity contribution in [3.05, 3.63) is 29.2 Å². The van der Waals surface area contributed by atoms with Gasteiger partial charge in [-0.3, -0.25) is 4.68 Å².